The lowest BCUT2D eigenvalue weighted by molar-refractivity contribution is -0.122. The molecule has 1 saturated heterocycles. The van der Waals surface area contributed by atoms with E-state index in [2.05, 4.69) is 36.4 Å². The van der Waals surface area contributed by atoms with Crippen molar-refractivity contribution in [2.45, 2.75) is 32.7 Å². The molecule has 16 heavy (non-hydrogen) atoms. The maximum atomic E-state index is 11.6. The molecule has 0 aromatic rings. The summed E-state index contributed by atoms with van der Waals surface area (Å²) < 4.78 is 0. The van der Waals surface area contributed by atoms with Gasteiger partial charge in [-0.05, 0) is 32.5 Å². The van der Waals surface area contributed by atoms with Gasteiger partial charge in [0, 0.05) is 25.6 Å². The van der Waals surface area contributed by atoms with Gasteiger partial charge in [0.1, 0.15) is 0 Å². The Morgan fingerprint density at radius 1 is 1.50 bits per heavy atom. The quantitative estimate of drug-likeness (QED) is 0.670. The van der Waals surface area contributed by atoms with Gasteiger partial charge in [-0.1, -0.05) is 13.8 Å². The smallest absolute Gasteiger partial charge is 0.221 e. The summed E-state index contributed by atoms with van der Waals surface area (Å²) in [5.74, 6) is 0.740. The number of hydrogen-bond donors (Lipinski definition) is 2. The highest BCUT2D eigenvalue weighted by molar-refractivity contribution is 5.76. The highest BCUT2D eigenvalue weighted by Crippen LogP contribution is 2.15. The normalized spacial score (nSPS) is 26.7. The Hall–Kier alpha value is -0.610. The largest absolute Gasteiger partial charge is 0.353 e. The molecule has 1 aliphatic heterocycles. The number of carbonyl (C=O) groups is 1. The summed E-state index contributed by atoms with van der Waals surface area (Å²) in [5.41, 5.74) is 0. The van der Waals surface area contributed by atoms with Gasteiger partial charge < -0.3 is 15.5 Å². The number of carbonyl (C=O) groups excluding carboxylic acids is 1. The zero-order valence-corrected chi connectivity index (χ0v) is 10.8. The van der Waals surface area contributed by atoms with E-state index in [4.69, 9.17) is 0 Å². The molecule has 0 radical (unpaired) electrons. The van der Waals surface area contributed by atoms with Crippen LogP contribution in [0.1, 0.15) is 26.7 Å². The zero-order valence-electron chi connectivity index (χ0n) is 10.8. The fourth-order valence-corrected chi connectivity index (χ4v) is 2.23. The predicted octanol–water partition coefficient (Wildman–Crippen LogP) is 0.442. The first-order valence-electron chi connectivity index (χ1n) is 6.32. The Kier molecular flexibility index (Phi) is 5.77. The lowest BCUT2D eigenvalue weighted by Crippen LogP contribution is -2.49. The first kappa shape index (κ1) is 13.5. The molecule has 1 amide bonds. The van der Waals surface area contributed by atoms with Crippen molar-refractivity contribution in [1.82, 2.24) is 15.5 Å². The summed E-state index contributed by atoms with van der Waals surface area (Å²) in [6.45, 7) is 8.14. The van der Waals surface area contributed by atoms with Crippen LogP contribution in [0, 0.1) is 5.92 Å². The van der Waals surface area contributed by atoms with Crippen LogP contribution in [0.2, 0.25) is 0 Å². The average Bonchev–Trinajstić information content (AvgIpc) is 2.23. The SMILES string of the molecule is CCNCCC(=O)NC1CCN(C)CC1C. The van der Waals surface area contributed by atoms with Crippen molar-refractivity contribution in [3.63, 3.8) is 0 Å². The van der Waals surface area contributed by atoms with E-state index in [1.165, 1.54) is 0 Å². The summed E-state index contributed by atoms with van der Waals surface area (Å²) in [7, 11) is 2.14. The number of likely N-dealkylation sites (tertiary alicyclic amines) is 1. The topological polar surface area (TPSA) is 44.4 Å². The van der Waals surface area contributed by atoms with Gasteiger partial charge in [-0.2, -0.15) is 0 Å². The van der Waals surface area contributed by atoms with Gasteiger partial charge in [0.25, 0.3) is 0 Å². The van der Waals surface area contributed by atoms with E-state index in [1.54, 1.807) is 0 Å². The van der Waals surface area contributed by atoms with E-state index in [0.717, 1.165) is 32.6 Å². The minimum atomic E-state index is 0.183. The maximum absolute atomic E-state index is 11.6. The van der Waals surface area contributed by atoms with E-state index < -0.39 is 0 Å². The summed E-state index contributed by atoms with van der Waals surface area (Å²) in [4.78, 5) is 14.0. The highest BCUT2D eigenvalue weighted by atomic mass is 16.1. The fraction of sp³-hybridized carbons (Fsp3) is 0.917. The average molecular weight is 227 g/mol. The molecule has 0 aliphatic carbocycles. The summed E-state index contributed by atoms with van der Waals surface area (Å²) in [6, 6.07) is 0.366. The zero-order chi connectivity index (χ0) is 12.0. The van der Waals surface area contributed by atoms with E-state index >= 15 is 0 Å². The molecule has 1 aliphatic rings. The van der Waals surface area contributed by atoms with Gasteiger partial charge in [-0.15, -0.1) is 0 Å². The van der Waals surface area contributed by atoms with E-state index in [1.807, 2.05) is 0 Å². The van der Waals surface area contributed by atoms with E-state index in [-0.39, 0.29) is 5.91 Å². The molecular formula is C12H25N3O. The number of amides is 1. The number of piperidine rings is 1. The minimum Gasteiger partial charge on any atom is -0.353 e. The van der Waals surface area contributed by atoms with Crippen LogP contribution in [0.3, 0.4) is 0 Å². The van der Waals surface area contributed by atoms with Crippen LogP contribution in [0.4, 0.5) is 0 Å². The molecule has 1 heterocycles. The molecule has 0 bridgehead atoms. The monoisotopic (exact) mass is 227 g/mol. The molecule has 1 rings (SSSR count). The van der Waals surface area contributed by atoms with Crippen LogP contribution in [0.25, 0.3) is 0 Å². The van der Waals surface area contributed by atoms with Crippen molar-refractivity contribution >= 4 is 5.91 Å². The van der Waals surface area contributed by atoms with Crippen LogP contribution < -0.4 is 10.6 Å². The summed E-state index contributed by atoms with van der Waals surface area (Å²) in [6.07, 6.45) is 1.66. The number of nitrogens with zero attached hydrogens (tertiary/aromatic N) is 1. The van der Waals surface area contributed by atoms with E-state index in [9.17, 15) is 4.79 Å². The first-order valence-corrected chi connectivity index (χ1v) is 6.32. The third-order valence-corrected chi connectivity index (χ3v) is 3.23. The second-order valence-electron chi connectivity index (χ2n) is 4.81. The molecule has 2 atom stereocenters. The Morgan fingerprint density at radius 3 is 2.88 bits per heavy atom. The van der Waals surface area contributed by atoms with Crippen molar-refractivity contribution in [1.29, 1.82) is 0 Å². The third-order valence-electron chi connectivity index (χ3n) is 3.23. The number of nitrogens with one attached hydrogen (secondary N) is 2. The van der Waals surface area contributed by atoms with Crippen LogP contribution in [0.15, 0.2) is 0 Å². The maximum Gasteiger partial charge on any atom is 0.221 e. The Balaban J connectivity index is 2.22. The minimum absolute atomic E-state index is 0.183. The van der Waals surface area contributed by atoms with Crippen molar-refractivity contribution in [3.05, 3.63) is 0 Å². The molecule has 4 heteroatoms. The lowest BCUT2D eigenvalue weighted by Gasteiger charge is -2.35. The lowest BCUT2D eigenvalue weighted by atomic mass is 9.94. The Morgan fingerprint density at radius 2 is 2.25 bits per heavy atom. The second-order valence-corrected chi connectivity index (χ2v) is 4.81. The standard InChI is InChI=1S/C12H25N3O/c1-4-13-7-5-12(16)14-11-6-8-15(3)9-10(11)2/h10-11,13H,4-9H2,1-3H3,(H,14,16). The second kappa shape index (κ2) is 6.86. The van der Waals surface area contributed by atoms with Crippen molar-refractivity contribution < 1.29 is 4.79 Å². The van der Waals surface area contributed by atoms with Crippen molar-refractivity contribution in [2.24, 2.45) is 5.92 Å². The molecule has 1 fully saturated rings. The molecular weight excluding hydrogens is 202 g/mol. The van der Waals surface area contributed by atoms with Gasteiger partial charge in [0.2, 0.25) is 5.91 Å². The molecule has 2 unspecified atom stereocenters. The van der Waals surface area contributed by atoms with Gasteiger partial charge in [-0.3, -0.25) is 4.79 Å². The van der Waals surface area contributed by atoms with Crippen LogP contribution in [-0.2, 0) is 4.79 Å². The first-order chi connectivity index (χ1) is 7.63. The molecule has 0 saturated carbocycles. The molecule has 0 spiro atoms. The fourth-order valence-electron chi connectivity index (χ4n) is 2.23. The van der Waals surface area contributed by atoms with Crippen LogP contribution in [0.5, 0.6) is 0 Å². The molecule has 94 valence electrons. The third kappa shape index (κ3) is 4.49. The summed E-state index contributed by atoms with van der Waals surface area (Å²) in [5, 5.41) is 6.31. The predicted molar refractivity (Wildman–Crippen MR) is 66.4 cm³/mol. The van der Waals surface area contributed by atoms with Gasteiger partial charge in [0.15, 0.2) is 0 Å². The number of rotatable bonds is 5. The molecule has 0 aromatic carbocycles. The van der Waals surface area contributed by atoms with Crippen LogP contribution in [-0.4, -0.2) is 50.1 Å². The molecule has 0 aromatic heterocycles. The van der Waals surface area contributed by atoms with Crippen molar-refractivity contribution in [3.8, 4) is 0 Å². The van der Waals surface area contributed by atoms with Crippen molar-refractivity contribution in [2.75, 3.05) is 33.2 Å². The Labute approximate surface area is 98.8 Å². The van der Waals surface area contributed by atoms with Gasteiger partial charge in [0.05, 0.1) is 0 Å². The van der Waals surface area contributed by atoms with E-state index in [0.29, 0.717) is 18.4 Å². The summed E-state index contributed by atoms with van der Waals surface area (Å²) >= 11 is 0. The van der Waals surface area contributed by atoms with Gasteiger partial charge >= 0.3 is 0 Å². The molecule has 4 nitrogen and oxygen atoms in total. The van der Waals surface area contributed by atoms with Gasteiger partial charge in [-0.25, -0.2) is 0 Å². The highest BCUT2D eigenvalue weighted by Gasteiger charge is 2.24. The van der Waals surface area contributed by atoms with Crippen LogP contribution >= 0.6 is 0 Å². The molecule has 2 N–H and O–H groups in total. The number of hydrogen-bond acceptors (Lipinski definition) is 3. The Bertz CT molecular complexity index is 220.